The maximum Gasteiger partial charge on any atom is 0.225 e. The van der Waals surface area contributed by atoms with E-state index in [-0.39, 0.29) is 0 Å². The van der Waals surface area contributed by atoms with Gasteiger partial charge in [-0.3, -0.25) is 4.90 Å². The fourth-order valence-corrected chi connectivity index (χ4v) is 4.03. The van der Waals surface area contributed by atoms with Crippen LogP contribution < -0.4 is 15.1 Å². The number of nitrogens with zero attached hydrogens (tertiary/aromatic N) is 7. The number of rotatable bonds is 6. The van der Waals surface area contributed by atoms with Crippen molar-refractivity contribution in [3.63, 3.8) is 0 Å². The number of hydrogen-bond donors (Lipinski definition) is 1. The Labute approximate surface area is 193 Å². The second-order valence-electron chi connectivity index (χ2n) is 8.38. The van der Waals surface area contributed by atoms with Gasteiger partial charge in [-0.1, -0.05) is 12.1 Å². The zero-order valence-electron chi connectivity index (χ0n) is 19.0. The average Bonchev–Trinajstić information content (AvgIpc) is 2.85. The summed E-state index contributed by atoms with van der Waals surface area (Å²) < 4.78 is 0. The van der Waals surface area contributed by atoms with E-state index >= 15 is 0 Å². The first-order valence-corrected chi connectivity index (χ1v) is 11.2. The number of aromatic nitrogens is 4. The lowest BCUT2D eigenvalue weighted by molar-refractivity contribution is 0.243. The Kier molecular flexibility index (Phi) is 5.99. The van der Waals surface area contributed by atoms with Crippen LogP contribution in [-0.4, -0.2) is 65.1 Å². The molecule has 4 aromatic rings. The molecular weight excluding hydrogens is 412 g/mol. The highest BCUT2D eigenvalue weighted by molar-refractivity contribution is 5.90. The Bertz CT molecular complexity index is 1200. The number of nitrogens with one attached hydrogen (secondary N) is 1. The molecule has 8 nitrogen and oxygen atoms in total. The SMILES string of the molecule is CN(C)c1ccc(Nc2nc(CN3CCN(c4ncccn4)CC3)nc3ccccc23)cc1. The monoisotopic (exact) mass is 440 g/mol. The lowest BCUT2D eigenvalue weighted by Gasteiger charge is -2.34. The van der Waals surface area contributed by atoms with Gasteiger partial charge in [0.1, 0.15) is 11.6 Å². The maximum absolute atomic E-state index is 4.91. The first-order chi connectivity index (χ1) is 16.2. The van der Waals surface area contributed by atoms with E-state index in [0.29, 0.717) is 6.54 Å². The van der Waals surface area contributed by atoms with Gasteiger partial charge in [-0.05, 0) is 42.5 Å². The molecule has 2 aromatic carbocycles. The molecule has 0 saturated carbocycles. The van der Waals surface area contributed by atoms with Crippen LogP contribution in [0, 0.1) is 0 Å². The number of piperazine rings is 1. The van der Waals surface area contributed by atoms with Gasteiger partial charge in [0.15, 0.2) is 0 Å². The van der Waals surface area contributed by atoms with Gasteiger partial charge >= 0.3 is 0 Å². The van der Waals surface area contributed by atoms with Gasteiger partial charge in [-0.25, -0.2) is 19.9 Å². The van der Waals surface area contributed by atoms with E-state index in [0.717, 1.165) is 66.0 Å². The topological polar surface area (TPSA) is 73.3 Å². The molecule has 1 fully saturated rings. The van der Waals surface area contributed by atoms with Gasteiger partial charge in [0.25, 0.3) is 0 Å². The summed E-state index contributed by atoms with van der Waals surface area (Å²) in [4.78, 5) is 25.2. The number of fused-ring (bicyclic) bond motifs is 1. The minimum atomic E-state index is 0.711. The molecular formula is C25H28N8. The molecule has 0 bridgehead atoms. The van der Waals surface area contributed by atoms with Crippen LogP contribution in [0.5, 0.6) is 0 Å². The van der Waals surface area contributed by atoms with E-state index in [1.54, 1.807) is 12.4 Å². The van der Waals surface area contributed by atoms with E-state index in [1.165, 1.54) is 0 Å². The summed E-state index contributed by atoms with van der Waals surface area (Å²) in [5.74, 6) is 2.46. The van der Waals surface area contributed by atoms with Gasteiger partial charge in [0, 0.05) is 69.4 Å². The number of para-hydroxylation sites is 1. The third-order valence-corrected chi connectivity index (χ3v) is 5.87. The summed E-state index contributed by atoms with van der Waals surface area (Å²) in [6.07, 6.45) is 3.58. The summed E-state index contributed by atoms with van der Waals surface area (Å²) in [6.45, 7) is 4.33. The smallest absolute Gasteiger partial charge is 0.225 e. The fraction of sp³-hybridized carbons (Fsp3) is 0.280. The normalized spacial score (nSPS) is 14.4. The second-order valence-corrected chi connectivity index (χ2v) is 8.38. The Morgan fingerprint density at radius 2 is 1.58 bits per heavy atom. The molecule has 168 valence electrons. The molecule has 1 aliphatic rings. The van der Waals surface area contributed by atoms with Crippen molar-refractivity contribution in [3.05, 3.63) is 72.8 Å². The fourth-order valence-electron chi connectivity index (χ4n) is 4.03. The van der Waals surface area contributed by atoms with Gasteiger partial charge in [0.05, 0.1) is 12.1 Å². The summed E-state index contributed by atoms with van der Waals surface area (Å²) in [5, 5.41) is 4.52. The van der Waals surface area contributed by atoms with Crippen LogP contribution in [0.25, 0.3) is 10.9 Å². The molecule has 0 amide bonds. The highest BCUT2D eigenvalue weighted by Gasteiger charge is 2.20. The van der Waals surface area contributed by atoms with E-state index in [9.17, 15) is 0 Å². The minimum Gasteiger partial charge on any atom is -0.378 e. The van der Waals surface area contributed by atoms with Gasteiger partial charge in [-0.2, -0.15) is 0 Å². The molecule has 0 radical (unpaired) electrons. The van der Waals surface area contributed by atoms with Gasteiger partial charge in [0.2, 0.25) is 5.95 Å². The van der Waals surface area contributed by atoms with Crippen molar-refractivity contribution in [2.45, 2.75) is 6.54 Å². The molecule has 0 aliphatic carbocycles. The number of hydrogen-bond acceptors (Lipinski definition) is 8. The molecule has 1 N–H and O–H groups in total. The molecule has 1 aliphatic heterocycles. The highest BCUT2D eigenvalue weighted by atomic mass is 15.3. The summed E-state index contributed by atoms with van der Waals surface area (Å²) in [5.41, 5.74) is 3.12. The molecule has 0 unspecified atom stereocenters. The Balaban J connectivity index is 1.33. The lowest BCUT2D eigenvalue weighted by atomic mass is 10.2. The molecule has 8 heteroatoms. The van der Waals surface area contributed by atoms with Crippen LogP contribution in [0.1, 0.15) is 5.82 Å². The molecule has 0 spiro atoms. The highest BCUT2D eigenvalue weighted by Crippen LogP contribution is 2.25. The molecule has 5 rings (SSSR count). The standard InChI is InChI=1S/C25H28N8/c1-31(2)20-10-8-19(9-11-20)28-24-21-6-3-4-7-22(21)29-23(30-24)18-32-14-16-33(17-15-32)25-26-12-5-13-27-25/h3-13H,14-18H2,1-2H3,(H,28,29,30). The zero-order chi connectivity index (χ0) is 22.6. The van der Waals surface area contributed by atoms with Crippen LogP contribution in [0.15, 0.2) is 67.0 Å². The van der Waals surface area contributed by atoms with Crippen LogP contribution in [-0.2, 0) is 6.54 Å². The van der Waals surface area contributed by atoms with Crippen LogP contribution in [0.2, 0.25) is 0 Å². The van der Waals surface area contributed by atoms with Crippen LogP contribution in [0.4, 0.5) is 23.1 Å². The van der Waals surface area contributed by atoms with Crippen molar-refractivity contribution in [1.29, 1.82) is 0 Å². The summed E-state index contributed by atoms with van der Waals surface area (Å²) >= 11 is 0. The second kappa shape index (κ2) is 9.38. The van der Waals surface area contributed by atoms with Crippen molar-refractivity contribution in [3.8, 4) is 0 Å². The van der Waals surface area contributed by atoms with Crippen molar-refractivity contribution in [2.24, 2.45) is 0 Å². The third kappa shape index (κ3) is 4.85. The van der Waals surface area contributed by atoms with Crippen molar-refractivity contribution in [1.82, 2.24) is 24.8 Å². The molecule has 3 heterocycles. The Hall–Kier alpha value is -3.78. The number of anilines is 4. The molecule has 0 atom stereocenters. The average molecular weight is 441 g/mol. The van der Waals surface area contributed by atoms with Gasteiger partial charge in [-0.15, -0.1) is 0 Å². The van der Waals surface area contributed by atoms with Crippen LogP contribution >= 0.6 is 0 Å². The lowest BCUT2D eigenvalue weighted by Crippen LogP contribution is -2.46. The summed E-state index contributed by atoms with van der Waals surface area (Å²) in [6, 6.07) is 18.4. The third-order valence-electron chi connectivity index (χ3n) is 5.87. The van der Waals surface area contributed by atoms with Crippen molar-refractivity contribution < 1.29 is 0 Å². The van der Waals surface area contributed by atoms with E-state index in [1.807, 2.05) is 38.4 Å². The van der Waals surface area contributed by atoms with Crippen LogP contribution in [0.3, 0.4) is 0 Å². The van der Waals surface area contributed by atoms with Crippen molar-refractivity contribution >= 4 is 34.0 Å². The Morgan fingerprint density at radius 3 is 2.30 bits per heavy atom. The summed E-state index contributed by atoms with van der Waals surface area (Å²) in [7, 11) is 4.08. The molecule has 33 heavy (non-hydrogen) atoms. The first kappa shape index (κ1) is 21.1. The largest absolute Gasteiger partial charge is 0.378 e. The Morgan fingerprint density at radius 1 is 0.848 bits per heavy atom. The minimum absolute atomic E-state index is 0.711. The molecule has 2 aromatic heterocycles. The first-order valence-electron chi connectivity index (χ1n) is 11.2. The maximum atomic E-state index is 4.91. The zero-order valence-corrected chi connectivity index (χ0v) is 19.0. The van der Waals surface area contributed by atoms with E-state index in [4.69, 9.17) is 9.97 Å². The van der Waals surface area contributed by atoms with E-state index in [2.05, 4.69) is 60.3 Å². The van der Waals surface area contributed by atoms with Gasteiger partial charge < -0.3 is 15.1 Å². The molecule has 1 saturated heterocycles. The number of benzene rings is 2. The van der Waals surface area contributed by atoms with Crippen molar-refractivity contribution in [2.75, 3.05) is 55.4 Å². The predicted octanol–water partition coefficient (Wildman–Crippen LogP) is 3.55. The predicted molar refractivity (Wildman–Crippen MR) is 133 cm³/mol. The van der Waals surface area contributed by atoms with E-state index < -0.39 is 0 Å². The quantitative estimate of drug-likeness (QED) is 0.488.